The third kappa shape index (κ3) is 4.59. The second kappa shape index (κ2) is 7.25. The lowest BCUT2D eigenvalue weighted by Gasteiger charge is -2.16. The molecule has 2 rings (SSSR count). The van der Waals surface area contributed by atoms with Crippen LogP contribution in [-0.4, -0.2) is 24.8 Å². The van der Waals surface area contributed by atoms with Crippen molar-refractivity contribution in [3.05, 3.63) is 29.3 Å². The van der Waals surface area contributed by atoms with E-state index >= 15 is 0 Å². The van der Waals surface area contributed by atoms with E-state index in [-0.39, 0.29) is 18.3 Å². The van der Waals surface area contributed by atoms with Gasteiger partial charge >= 0.3 is 0 Å². The number of carbonyl (C=O) groups is 2. The van der Waals surface area contributed by atoms with Crippen molar-refractivity contribution < 1.29 is 14.3 Å². The molecule has 0 saturated carbocycles. The summed E-state index contributed by atoms with van der Waals surface area (Å²) in [5.41, 5.74) is 1.83. The number of carbonyl (C=O) groups excluding carboxylic acids is 2. The number of amides is 1. The van der Waals surface area contributed by atoms with E-state index in [2.05, 4.69) is 19.2 Å². The summed E-state index contributed by atoms with van der Waals surface area (Å²) in [7, 11) is 0. The molecule has 1 aliphatic carbocycles. The molecule has 4 heteroatoms. The van der Waals surface area contributed by atoms with Crippen LogP contribution in [0.1, 0.15) is 49.0 Å². The van der Waals surface area contributed by atoms with Crippen molar-refractivity contribution in [2.24, 2.45) is 5.92 Å². The van der Waals surface area contributed by atoms with Gasteiger partial charge in [-0.2, -0.15) is 0 Å². The van der Waals surface area contributed by atoms with E-state index in [1.807, 2.05) is 12.1 Å². The van der Waals surface area contributed by atoms with Gasteiger partial charge in [-0.05, 0) is 42.9 Å². The first kappa shape index (κ1) is 15.5. The Morgan fingerprint density at radius 2 is 2.14 bits per heavy atom. The topological polar surface area (TPSA) is 55.4 Å². The maximum absolute atomic E-state index is 11.8. The number of benzene rings is 1. The average molecular weight is 289 g/mol. The minimum Gasteiger partial charge on any atom is -0.484 e. The Hall–Kier alpha value is -1.84. The Labute approximate surface area is 125 Å². The quantitative estimate of drug-likeness (QED) is 0.876. The highest BCUT2D eigenvalue weighted by Crippen LogP contribution is 2.25. The highest BCUT2D eigenvalue weighted by molar-refractivity contribution is 5.98. The van der Waals surface area contributed by atoms with Gasteiger partial charge in [-0.3, -0.25) is 9.59 Å². The minimum absolute atomic E-state index is 0.00886. The summed E-state index contributed by atoms with van der Waals surface area (Å²) in [6.45, 7) is 4.90. The number of aryl methyl sites for hydroxylation is 1. The first-order valence-electron chi connectivity index (χ1n) is 7.62. The van der Waals surface area contributed by atoms with E-state index in [9.17, 15) is 9.59 Å². The molecule has 1 aromatic rings. The van der Waals surface area contributed by atoms with Gasteiger partial charge in [-0.1, -0.05) is 19.9 Å². The maximum atomic E-state index is 11.8. The predicted octanol–water partition coefficient (Wildman–Crippen LogP) is 2.75. The van der Waals surface area contributed by atoms with Crippen molar-refractivity contribution in [2.75, 3.05) is 13.2 Å². The van der Waals surface area contributed by atoms with Crippen LogP contribution in [0, 0.1) is 5.92 Å². The normalized spacial score (nSPS) is 14.0. The van der Waals surface area contributed by atoms with Crippen LogP contribution in [0.3, 0.4) is 0 Å². The van der Waals surface area contributed by atoms with E-state index in [4.69, 9.17) is 4.74 Å². The molecule has 0 radical (unpaired) electrons. The number of Topliss-reactive ketones (excluding diaryl/α,β-unsaturated/α-hetero) is 1. The standard InChI is InChI=1S/C17H23NO3/c1-12(2)8-9-18-17(20)11-21-14-7-6-13-4-3-5-16(19)15(13)10-14/h6-7,10,12H,3-5,8-9,11H2,1-2H3,(H,18,20). The molecule has 114 valence electrons. The molecule has 4 nitrogen and oxygen atoms in total. The number of fused-ring (bicyclic) bond motifs is 1. The number of ketones is 1. The van der Waals surface area contributed by atoms with Gasteiger partial charge in [-0.15, -0.1) is 0 Å². The van der Waals surface area contributed by atoms with Crippen molar-refractivity contribution in [3.63, 3.8) is 0 Å². The van der Waals surface area contributed by atoms with E-state index in [0.29, 0.717) is 24.6 Å². The summed E-state index contributed by atoms with van der Waals surface area (Å²) in [5.74, 6) is 1.20. The summed E-state index contributed by atoms with van der Waals surface area (Å²) >= 11 is 0. The van der Waals surface area contributed by atoms with Crippen molar-refractivity contribution >= 4 is 11.7 Å². The van der Waals surface area contributed by atoms with Crippen LogP contribution in [-0.2, 0) is 11.2 Å². The summed E-state index contributed by atoms with van der Waals surface area (Å²) in [4.78, 5) is 23.5. The molecular formula is C17H23NO3. The fourth-order valence-electron chi connectivity index (χ4n) is 2.40. The molecule has 0 aliphatic heterocycles. The highest BCUT2D eigenvalue weighted by atomic mass is 16.5. The van der Waals surface area contributed by atoms with Crippen LogP contribution in [0.25, 0.3) is 0 Å². The summed E-state index contributed by atoms with van der Waals surface area (Å²) in [6.07, 6.45) is 3.42. The van der Waals surface area contributed by atoms with Gasteiger partial charge < -0.3 is 10.1 Å². The average Bonchev–Trinajstić information content (AvgIpc) is 2.45. The largest absolute Gasteiger partial charge is 0.484 e. The number of hydrogen-bond donors (Lipinski definition) is 1. The van der Waals surface area contributed by atoms with Crippen molar-refractivity contribution in [1.82, 2.24) is 5.32 Å². The molecule has 0 heterocycles. The lowest BCUT2D eigenvalue weighted by Crippen LogP contribution is -2.30. The Balaban J connectivity index is 1.85. The number of hydrogen-bond acceptors (Lipinski definition) is 3. The van der Waals surface area contributed by atoms with Gasteiger partial charge in [0.15, 0.2) is 12.4 Å². The van der Waals surface area contributed by atoms with Crippen LogP contribution in [0.5, 0.6) is 5.75 Å². The molecule has 1 N–H and O–H groups in total. The fourth-order valence-corrected chi connectivity index (χ4v) is 2.40. The molecule has 21 heavy (non-hydrogen) atoms. The zero-order valence-corrected chi connectivity index (χ0v) is 12.8. The maximum Gasteiger partial charge on any atom is 0.257 e. The van der Waals surface area contributed by atoms with Crippen LogP contribution in [0.4, 0.5) is 0 Å². The Bertz CT molecular complexity index is 523. The summed E-state index contributed by atoms with van der Waals surface area (Å²) < 4.78 is 5.48. The van der Waals surface area contributed by atoms with Gasteiger partial charge in [0, 0.05) is 18.5 Å². The SMILES string of the molecule is CC(C)CCNC(=O)COc1ccc2c(c1)C(=O)CCC2. The molecule has 0 aromatic heterocycles. The number of nitrogens with one attached hydrogen (secondary N) is 1. The van der Waals surface area contributed by atoms with Crippen LogP contribution < -0.4 is 10.1 Å². The first-order chi connectivity index (χ1) is 10.1. The van der Waals surface area contributed by atoms with Crippen LogP contribution >= 0.6 is 0 Å². The summed E-state index contributed by atoms with van der Waals surface area (Å²) in [6, 6.07) is 5.52. The minimum atomic E-state index is -0.125. The van der Waals surface area contributed by atoms with Gasteiger partial charge in [0.05, 0.1) is 0 Å². The van der Waals surface area contributed by atoms with Crippen molar-refractivity contribution in [2.45, 2.75) is 39.5 Å². The van der Waals surface area contributed by atoms with E-state index in [0.717, 1.165) is 30.4 Å². The molecule has 1 amide bonds. The van der Waals surface area contributed by atoms with E-state index in [1.165, 1.54) is 0 Å². The molecule has 0 bridgehead atoms. The van der Waals surface area contributed by atoms with E-state index < -0.39 is 0 Å². The molecule has 0 fully saturated rings. The van der Waals surface area contributed by atoms with E-state index in [1.54, 1.807) is 6.07 Å². The van der Waals surface area contributed by atoms with Gasteiger partial charge in [0.25, 0.3) is 5.91 Å². The molecule has 1 aromatic carbocycles. The monoisotopic (exact) mass is 289 g/mol. The second-order valence-electron chi connectivity index (χ2n) is 5.92. The zero-order valence-electron chi connectivity index (χ0n) is 12.8. The molecule has 0 atom stereocenters. The van der Waals surface area contributed by atoms with Gasteiger partial charge in [0.2, 0.25) is 0 Å². The molecule has 0 saturated heterocycles. The molecule has 0 unspecified atom stereocenters. The number of ether oxygens (including phenoxy) is 1. The Kier molecular flexibility index (Phi) is 5.37. The second-order valence-corrected chi connectivity index (χ2v) is 5.92. The fraction of sp³-hybridized carbons (Fsp3) is 0.529. The lowest BCUT2D eigenvalue weighted by atomic mass is 9.90. The summed E-state index contributed by atoms with van der Waals surface area (Å²) in [5, 5.41) is 2.82. The van der Waals surface area contributed by atoms with Crippen molar-refractivity contribution in [1.29, 1.82) is 0 Å². The molecular weight excluding hydrogens is 266 g/mol. The molecule has 0 spiro atoms. The third-order valence-corrected chi connectivity index (χ3v) is 3.65. The van der Waals surface area contributed by atoms with Crippen LogP contribution in [0.2, 0.25) is 0 Å². The Morgan fingerprint density at radius 1 is 1.33 bits per heavy atom. The van der Waals surface area contributed by atoms with Crippen molar-refractivity contribution in [3.8, 4) is 5.75 Å². The van der Waals surface area contributed by atoms with Crippen LogP contribution in [0.15, 0.2) is 18.2 Å². The number of rotatable bonds is 6. The van der Waals surface area contributed by atoms with Gasteiger partial charge in [0.1, 0.15) is 5.75 Å². The third-order valence-electron chi connectivity index (χ3n) is 3.65. The lowest BCUT2D eigenvalue weighted by molar-refractivity contribution is -0.123. The zero-order chi connectivity index (χ0) is 15.2. The van der Waals surface area contributed by atoms with Gasteiger partial charge in [-0.25, -0.2) is 0 Å². The first-order valence-corrected chi connectivity index (χ1v) is 7.62. The molecule has 1 aliphatic rings. The predicted molar refractivity (Wildman–Crippen MR) is 81.7 cm³/mol. The highest BCUT2D eigenvalue weighted by Gasteiger charge is 2.17. The Morgan fingerprint density at radius 3 is 2.90 bits per heavy atom. The smallest absolute Gasteiger partial charge is 0.257 e.